The van der Waals surface area contributed by atoms with Gasteiger partial charge in [0.15, 0.2) is 0 Å². The quantitative estimate of drug-likeness (QED) is 0.579. The van der Waals surface area contributed by atoms with Crippen LogP contribution in [0.3, 0.4) is 0 Å². The first-order valence-electron chi connectivity index (χ1n) is 8.92. The molecule has 3 aromatic rings. The molecule has 1 heterocycles. The van der Waals surface area contributed by atoms with Gasteiger partial charge < -0.3 is 9.88 Å². The van der Waals surface area contributed by atoms with Gasteiger partial charge in [0, 0.05) is 30.2 Å². The fourth-order valence-corrected chi connectivity index (χ4v) is 3.69. The van der Waals surface area contributed by atoms with Crippen LogP contribution in [0, 0.1) is 0 Å². The van der Waals surface area contributed by atoms with Crippen LogP contribution in [-0.4, -0.2) is 36.7 Å². The summed E-state index contributed by atoms with van der Waals surface area (Å²) in [6, 6.07) is 14.2. The van der Waals surface area contributed by atoms with Gasteiger partial charge in [0.1, 0.15) is 0 Å². The molecule has 0 atom stereocenters. The minimum absolute atomic E-state index is 0.166. The van der Waals surface area contributed by atoms with Crippen LogP contribution in [0.4, 0.5) is 5.69 Å². The minimum Gasteiger partial charge on any atom is -0.348 e. The summed E-state index contributed by atoms with van der Waals surface area (Å²) in [6.45, 7) is 4.14. The molecule has 0 aliphatic heterocycles. The van der Waals surface area contributed by atoms with Crippen molar-refractivity contribution >= 4 is 21.6 Å². The third-order valence-corrected chi connectivity index (χ3v) is 5.47. The number of imidazole rings is 1. The highest BCUT2D eigenvalue weighted by Gasteiger charge is 2.16. The molecule has 29 heavy (non-hydrogen) atoms. The largest absolute Gasteiger partial charge is 0.348 e. The number of aromatic nitrogens is 2. The molecule has 1 N–H and O–H groups in total. The van der Waals surface area contributed by atoms with Crippen molar-refractivity contribution in [3.05, 3.63) is 91.0 Å². The van der Waals surface area contributed by atoms with Crippen LogP contribution >= 0.6 is 0 Å². The van der Waals surface area contributed by atoms with Crippen molar-refractivity contribution in [2.75, 3.05) is 17.1 Å². The summed E-state index contributed by atoms with van der Waals surface area (Å²) in [5.74, 6) is -0.232. The second kappa shape index (κ2) is 8.74. The van der Waals surface area contributed by atoms with Crippen LogP contribution in [0.15, 0.2) is 79.9 Å². The van der Waals surface area contributed by atoms with Crippen LogP contribution < -0.4 is 9.62 Å². The summed E-state index contributed by atoms with van der Waals surface area (Å²) in [5, 5.41) is 2.87. The van der Waals surface area contributed by atoms with E-state index in [0.717, 1.165) is 17.5 Å². The van der Waals surface area contributed by atoms with E-state index in [1.165, 1.54) is 10.4 Å². The molecule has 0 aliphatic carbocycles. The number of carbonyl (C=O) groups excluding carboxylic acids is 1. The van der Waals surface area contributed by atoms with Crippen LogP contribution in [0.25, 0.3) is 5.69 Å². The summed E-state index contributed by atoms with van der Waals surface area (Å²) >= 11 is 0. The van der Waals surface area contributed by atoms with Gasteiger partial charge in [-0.25, -0.2) is 13.4 Å². The maximum Gasteiger partial charge on any atom is 0.251 e. The fourth-order valence-electron chi connectivity index (χ4n) is 2.81. The third kappa shape index (κ3) is 5.11. The van der Waals surface area contributed by atoms with E-state index in [9.17, 15) is 13.2 Å². The normalized spacial score (nSPS) is 11.1. The number of amides is 1. The van der Waals surface area contributed by atoms with Gasteiger partial charge in [-0.2, -0.15) is 0 Å². The monoisotopic (exact) mass is 410 g/mol. The molecule has 0 saturated carbocycles. The molecule has 0 radical (unpaired) electrons. The highest BCUT2D eigenvalue weighted by atomic mass is 32.2. The smallest absolute Gasteiger partial charge is 0.251 e. The van der Waals surface area contributed by atoms with Gasteiger partial charge in [0.25, 0.3) is 5.91 Å². The van der Waals surface area contributed by atoms with E-state index >= 15 is 0 Å². The molecule has 8 heteroatoms. The van der Waals surface area contributed by atoms with Gasteiger partial charge in [-0.1, -0.05) is 18.2 Å². The Bertz CT molecular complexity index is 1070. The highest BCUT2D eigenvalue weighted by molar-refractivity contribution is 7.92. The van der Waals surface area contributed by atoms with E-state index in [2.05, 4.69) is 16.9 Å². The standard InChI is InChI=1S/C21H22N4O3S/c1-3-13-25(29(2,27)28)20-10-6-18(7-11-20)21(26)23-15-17-4-8-19(9-5-17)24-14-12-22-16-24/h3-12,14,16H,1,13,15H2,2H3,(H,23,26). The van der Waals surface area contributed by atoms with Crippen LogP contribution in [0.5, 0.6) is 0 Å². The number of nitrogens with zero attached hydrogens (tertiary/aromatic N) is 3. The Hall–Kier alpha value is -3.39. The van der Waals surface area contributed by atoms with Crippen molar-refractivity contribution < 1.29 is 13.2 Å². The van der Waals surface area contributed by atoms with E-state index in [0.29, 0.717) is 17.8 Å². The van der Waals surface area contributed by atoms with E-state index in [1.807, 2.05) is 35.0 Å². The van der Waals surface area contributed by atoms with E-state index in [-0.39, 0.29) is 12.5 Å². The molecule has 2 aromatic carbocycles. The average Bonchev–Trinajstić information content (AvgIpc) is 3.25. The Balaban J connectivity index is 1.63. The topological polar surface area (TPSA) is 84.3 Å². The van der Waals surface area contributed by atoms with Crippen molar-refractivity contribution in [1.82, 2.24) is 14.9 Å². The fraction of sp³-hybridized carbons (Fsp3) is 0.143. The minimum atomic E-state index is -3.42. The molecule has 3 rings (SSSR count). The van der Waals surface area contributed by atoms with Crippen molar-refractivity contribution in [3.8, 4) is 5.69 Å². The zero-order valence-electron chi connectivity index (χ0n) is 16.0. The maximum absolute atomic E-state index is 12.4. The Kier molecular flexibility index (Phi) is 6.13. The number of sulfonamides is 1. The second-order valence-electron chi connectivity index (χ2n) is 6.45. The van der Waals surface area contributed by atoms with Gasteiger partial charge in [-0.3, -0.25) is 9.10 Å². The summed E-state index contributed by atoms with van der Waals surface area (Å²) < 4.78 is 26.9. The summed E-state index contributed by atoms with van der Waals surface area (Å²) in [5.41, 5.74) is 2.89. The zero-order valence-corrected chi connectivity index (χ0v) is 16.8. The Morgan fingerprint density at radius 3 is 2.41 bits per heavy atom. The van der Waals surface area contributed by atoms with Gasteiger partial charge >= 0.3 is 0 Å². The lowest BCUT2D eigenvalue weighted by Crippen LogP contribution is -2.30. The number of rotatable bonds is 8. The lowest BCUT2D eigenvalue weighted by atomic mass is 10.1. The summed E-state index contributed by atoms with van der Waals surface area (Å²) in [7, 11) is -3.42. The molecule has 0 bridgehead atoms. The van der Waals surface area contributed by atoms with Crippen LogP contribution in [0.1, 0.15) is 15.9 Å². The summed E-state index contributed by atoms with van der Waals surface area (Å²) in [6.07, 6.45) is 7.95. The third-order valence-electron chi connectivity index (χ3n) is 4.30. The Morgan fingerprint density at radius 2 is 1.86 bits per heavy atom. The van der Waals surface area contributed by atoms with Gasteiger partial charge in [-0.05, 0) is 42.0 Å². The average molecular weight is 410 g/mol. The molecule has 150 valence electrons. The zero-order chi connectivity index (χ0) is 20.9. The second-order valence-corrected chi connectivity index (χ2v) is 8.36. The predicted octanol–water partition coefficient (Wildman–Crippen LogP) is 2.75. The van der Waals surface area contributed by atoms with Crippen molar-refractivity contribution in [2.24, 2.45) is 0 Å². The first-order chi connectivity index (χ1) is 13.9. The van der Waals surface area contributed by atoms with E-state index < -0.39 is 10.0 Å². The summed E-state index contributed by atoms with van der Waals surface area (Å²) in [4.78, 5) is 16.4. The number of anilines is 1. The van der Waals surface area contributed by atoms with Gasteiger partial charge in [0.2, 0.25) is 10.0 Å². The van der Waals surface area contributed by atoms with Crippen LogP contribution in [-0.2, 0) is 16.6 Å². The Labute approximate surface area is 170 Å². The molecule has 1 aromatic heterocycles. The SMILES string of the molecule is C=CCN(c1ccc(C(=O)NCc2ccc(-n3ccnc3)cc2)cc1)S(C)(=O)=O. The number of carbonyl (C=O) groups is 1. The molecular formula is C21H22N4O3S. The van der Waals surface area contributed by atoms with E-state index in [1.54, 1.807) is 36.8 Å². The first kappa shape index (κ1) is 20.3. The predicted molar refractivity (Wildman–Crippen MR) is 114 cm³/mol. The van der Waals surface area contributed by atoms with Crippen molar-refractivity contribution in [1.29, 1.82) is 0 Å². The van der Waals surface area contributed by atoms with Gasteiger partial charge in [-0.15, -0.1) is 6.58 Å². The van der Waals surface area contributed by atoms with Crippen molar-refractivity contribution in [2.45, 2.75) is 6.54 Å². The Morgan fingerprint density at radius 1 is 1.17 bits per heavy atom. The molecule has 0 saturated heterocycles. The molecular weight excluding hydrogens is 388 g/mol. The lowest BCUT2D eigenvalue weighted by Gasteiger charge is -2.20. The molecule has 7 nitrogen and oxygen atoms in total. The molecule has 0 unspecified atom stereocenters. The van der Waals surface area contributed by atoms with Crippen LogP contribution in [0.2, 0.25) is 0 Å². The first-order valence-corrected chi connectivity index (χ1v) is 10.8. The number of benzene rings is 2. The van der Waals surface area contributed by atoms with E-state index in [4.69, 9.17) is 0 Å². The molecule has 0 spiro atoms. The lowest BCUT2D eigenvalue weighted by molar-refractivity contribution is 0.0951. The molecule has 0 fully saturated rings. The van der Waals surface area contributed by atoms with Gasteiger partial charge in [0.05, 0.1) is 24.8 Å². The number of hydrogen-bond acceptors (Lipinski definition) is 4. The molecule has 1 amide bonds. The highest BCUT2D eigenvalue weighted by Crippen LogP contribution is 2.18. The molecule has 0 aliphatic rings. The van der Waals surface area contributed by atoms with Crippen molar-refractivity contribution in [3.63, 3.8) is 0 Å². The number of hydrogen-bond donors (Lipinski definition) is 1. The number of nitrogens with one attached hydrogen (secondary N) is 1. The maximum atomic E-state index is 12.4.